The number of likely N-dealkylation sites (tertiary alicyclic amines) is 1. The predicted octanol–water partition coefficient (Wildman–Crippen LogP) is 5.72. The van der Waals surface area contributed by atoms with E-state index in [0.717, 1.165) is 28.6 Å². The molecule has 3 amide bonds. The molecule has 11 heteroatoms. The van der Waals surface area contributed by atoms with Gasteiger partial charge in [-0.05, 0) is 87.3 Å². The van der Waals surface area contributed by atoms with Crippen molar-refractivity contribution in [2.24, 2.45) is 17.8 Å². The fourth-order valence-electron chi connectivity index (χ4n) is 8.41. The molecule has 1 saturated heterocycles. The third-order valence-corrected chi connectivity index (χ3v) is 15.9. The zero-order valence-electron chi connectivity index (χ0n) is 31.6. The van der Waals surface area contributed by atoms with E-state index in [9.17, 15) is 29.7 Å². The van der Waals surface area contributed by atoms with E-state index in [-0.39, 0.29) is 30.2 Å². The number of amides is 3. The van der Waals surface area contributed by atoms with E-state index in [0.29, 0.717) is 28.2 Å². The molecule has 0 saturated carbocycles. The molecule has 0 radical (unpaired) electrons. The number of fused-ring (bicyclic) bond motifs is 1. The summed E-state index contributed by atoms with van der Waals surface area (Å²) >= 11 is 0. The Morgan fingerprint density at radius 1 is 0.945 bits per heavy atom. The van der Waals surface area contributed by atoms with E-state index < -0.39 is 56.7 Å². The summed E-state index contributed by atoms with van der Waals surface area (Å²) in [4.78, 5) is 45.4. The number of phenols is 1. The largest absolute Gasteiger partial charge is 0.508 e. The highest BCUT2D eigenvalue weighted by atomic mass is 28.4. The first-order valence-electron chi connectivity index (χ1n) is 18.5. The van der Waals surface area contributed by atoms with E-state index in [1.54, 1.807) is 24.4 Å². The van der Waals surface area contributed by atoms with Gasteiger partial charge in [0.2, 0.25) is 11.8 Å². The lowest BCUT2D eigenvalue weighted by Gasteiger charge is -2.44. The SMILES string of the molecule is COC(=O)N1C(=O)[C@@H]2[C@@H](CC(CO[Si](c3ccccc3)(c3ccccc3)C(C)(C)C)=C([C@H](O)CC/C(=C/c3cccc(O)c3)c3ccccn3)[C@@H]2CO)C1=O. The normalized spacial score (nSPS) is 19.7. The Hall–Kier alpha value is -5.20. The molecule has 55 heavy (non-hydrogen) atoms. The number of rotatable bonds is 12. The Morgan fingerprint density at radius 2 is 1.60 bits per heavy atom. The number of hydrogen-bond acceptors (Lipinski definition) is 9. The Kier molecular flexibility index (Phi) is 12.0. The van der Waals surface area contributed by atoms with Crippen molar-refractivity contribution in [3.05, 3.63) is 132 Å². The Balaban J connectivity index is 1.44. The molecular formula is C44H48N2O8Si. The lowest BCUT2D eigenvalue weighted by atomic mass is 9.68. The van der Waals surface area contributed by atoms with Crippen molar-refractivity contribution in [3.8, 4) is 5.75 Å². The number of aliphatic hydroxyl groups is 2. The minimum Gasteiger partial charge on any atom is -0.508 e. The van der Waals surface area contributed by atoms with Crippen LogP contribution in [0.3, 0.4) is 0 Å². The van der Waals surface area contributed by atoms with Gasteiger partial charge in [-0.2, -0.15) is 4.90 Å². The first-order valence-corrected chi connectivity index (χ1v) is 20.4. The number of aromatic hydroxyl groups is 1. The molecule has 4 atom stereocenters. The summed E-state index contributed by atoms with van der Waals surface area (Å²) in [6, 6.07) is 32.6. The van der Waals surface area contributed by atoms with Gasteiger partial charge in [0.25, 0.3) is 8.32 Å². The van der Waals surface area contributed by atoms with E-state index in [1.165, 1.54) is 0 Å². The molecule has 286 valence electrons. The minimum atomic E-state index is -3.11. The molecule has 2 aliphatic rings. The van der Waals surface area contributed by atoms with Crippen LogP contribution in [0, 0.1) is 17.8 Å². The Bertz CT molecular complexity index is 2020. The third kappa shape index (κ3) is 7.83. The Morgan fingerprint density at radius 3 is 2.16 bits per heavy atom. The topological polar surface area (TPSA) is 146 Å². The number of allylic oxidation sites excluding steroid dienone is 1. The summed E-state index contributed by atoms with van der Waals surface area (Å²) in [5.74, 6) is -4.32. The molecule has 4 aromatic rings. The van der Waals surface area contributed by atoms with Crippen LogP contribution in [-0.2, 0) is 18.8 Å². The highest BCUT2D eigenvalue weighted by molar-refractivity contribution is 6.99. The van der Waals surface area contributed by atoms with Crippen LogP contribution in [0.1, 0.15) is 51.3 Å². The van der Waals surface area contributed by atoms with Gasteiger partial charge in [-0.15, -0.1) is 0 Å². The molecule has 1 fully saturated rings. The summed E-state index contributed by atoms with van der Waals surface area (Å²) in [6.07, 6.45) is 1.92. The van der Waals surface area contributed by atoms with Crippen molar-refractivity contribution in [1.82, 2.24) is 9.88 Å². The standard InChI is InChI=1S/C44H48N2O8Si/c1-44(2,3)55(33-16-7-5-8-17-33,34-18-9-6-10-19-34)54-28-31-26-35-40(42(51)46(41(35)50)43(52)53-4)36(27-47)39(31)38(49)22-21-30(37-20-11-12-23-45-37)24-29-14-13-15-32(48)25-29/h5-20,23-25,35-36,38,40,47-49H,21-22,26-28H2,1-4H3/b30-24-/t35-,36+,38-,40-/m1/s1. The van der Waals surface area contributed by atoms with Crippen LogP contribution in [-0.4, -0.2) is 77.9 Å². The minimum absolute atomic E-state index is 0.0192. The zero-order valence-corrected chi connectivity index (χ0v) is 32.6. The van der Waals surface area contributed by atoms with Crippen molar-refractivity contribution < 1.29 is 38.9 Å². The second kappa shape index (κ2) is 16.7. The average molecular weight is 761 g/mol. The smallest absolute Gasteiger partial charge is 0.423 e. The molecule has 0 spiro atoms. The van der Waals surface area contributed by atoms with E-state index in [1.807, 2.05) is 66.7 Å². The summed E-state index contributed by atoms with van der Waals surface area (Å²) in [6.45, 7) is 5.94. The average Bonchev–Trinajstić information content (AvgIpc) is 3.44. The van der Waals surface area contributed by atoms with Crippen LogP contribution >= 0.6 is 0 Å². The fourth-order valence-corrected chi connectivity index (χ4v) is 13.0. The summed E-state index contributed by atoms with van der Waals surface area (Å²) < 4.78 is 12.1. The number of benzene rings is 3. The number of methoxy groups -OCH3 is 1. The van der Waals surface area contributed by atoms with E-state index in [2.05, 4.69) is 50.0 Å². The molecule has 0 unspecified atom stereocenters. The van der Waals surface area contributed by atoms with Gasteiger partial charge >= 0.3 is 6.09 Å². The second-order valence-corrected chi connectivity index (χ2v) is 19.5. The Labute approximate surface area is 322 Å². The lowest BCUT2D eigenvalue weighted by molar-refractivity contribution is -0.137. The molecule has 6 rings (SSSR count). The summed E-state index contributed by atoms with van der Waals surface area (Å²) in [7, 11) is -2.01. The number of imide groups is 3. The highest BCUT2D eigenvalue weighted by Crippen LogP contribution is 2.47. The number of aromatic nitrogens is 1. The van der Waals surface area contributed by atoms with Crippen molar-refractivity contribution in [3.63, 3.8) is 0 Å². The quantitative estimate of drug-likeness (QED) is 0.0938. The molecule has 3 N–H and O–H groups in total. The van der Waals surface area contributed by atoms with Gasteiger partial charge in [0.15, 0.2) is 0 Å². The van der Waals surface area contributed by atoms with Crippen LogP contribution in [0.5, 0.6) is 5.75 Å². The summed E-state index contributed by atoms with van der Waals surface area (Å²) in [5, 5.41) is 35.2. The number of nitrogens with zero attached hydrogens (tertiary/aromatic N) is 2. The fraction of sp³-hybridized carbons (Fsp3) is 0.318. The molecular weight excluding hydrogens is 713 g/mol. The monoisotopic (exact) mass is 760 g/mol. The molecule has 3 aromatic carbocycles. The number of ether oxygens (including phenoxy) is 1. The van der Waals surface area contributed by atoms with Crippen molar-refractivity contribution in [2.45, 2.75) is 51.2 Å². The molecule has 1 aliphatic heterocycles. The van der Waals surface area contributed by atoms with Crippen LogP contribution in [0.4, 0.5) is 4.79 Å². The van der Waals surface area contributed by atoms with Gasteiger partial charge in [0, 0.05) is 12.1 Å². The molecule has 2 heterocycles. The molecule has 1 aliphatic carbocycles. The first kappa shape index (κ1) is 39.5. The molecule has 1 aromatic heterocycles. The maximum atomic E-state index is 13.8. The van der Waals surface area contributed by atoms with Crippen molar-refractivity contribution >= 4 is 48.2 Å². The van der Waals surface area contributed by atoms with Crippen LogP contribution in [0.25, 0.3) is 11.6 Å². The zero-order chi connectivity index (χ0) is 39.3. The predicted molar refractivity (Wildman–Crippen MR) is 212 cm³/mol. The van der Waals surface area contributed by atoms with Gasteiger partial charge in [-0.25, -0.2) is 4.79 Å². The number of phenolic OH excluding ortho intramolecular Hbond substituents is 1. The number of hydrogen-bond donors (Lipinski definition) is 3. The van der Waals surface area contributed by atoms with Crippen LogP contribution in [0.15, 0.2) is 120 Å². The van der Waals surface area contributed by atoms with E-state index >= 15 is 0 Å². The van der Waals surface area contributed by atoms with Gasteiger partial charge in [0.1, 0.15) is 5.75 Å². The third-order valence-electron chi connectivity index (χ3n) is 10.9. The van der Waals surface area contributed by atoms with Crippen molar-refractivity contribution in [1.29, 1.82) is 0 Å². The number of aliphatic hydroxyl groups excluding tert-OH is 2. The van der Waals surface area contributed by atoms with Gasteiger partial charge < -0.3 is 24.5 Å². The maximum Gasteiger partial charge on any atom is 0.423 e. The second-order valence-electron chi connectivity index (χ2n) is 15.2. The van der Waals surface area contributed by atoms with Crippen LogP contribution in [0.2, 0.25) is 5.04 Å². The number of carbonyl (C=O) groups excluding carboxylic acids is 3. The first-order chi connectivity index (χ1) is 26.4. The number of pyridine rings is 1. The van der Waals surface area contributed by atoms with Gasteiger partial charge in [0.05, 0.1) is 44.0 Å². The summed E-state index contributed by atoms with van der Waals surface area (Å²) in [5.41, 5.74) is 3.29. The highest BCUT2D eigenvalue weighted by Gasteiger charge is 2.58. The van der Waals surface area contributed by atoms with Gasteiger partial charge in [-0.1, -0.05) is 99.6 Å². The molecule has 10 nitrogen and oxygen atoms in total. The van der Waals surface area contributed by atoms with Gasteiger partial charge in [-0.3, -0.25) is 14.6 Å². The van der Waals surface area contributed by atoms with Crippen molar-refractivity contribution in [2.75, 3.05) is 20.3 Å². The maximum absolute atomic E-state index is 13.8. The lowest BCUT2D eigenvalue weighted by Crippen LogP contribution is -2.66. The van der Waals surface area contributed by atoms with Crippen LogP contribution < -0.4 is 10.4 Å². The number of carbonyl (C=O) groups is 3. The van der Waals surface area contributed by atoms with E-state index in [4.69, 9.17) is 9.16 Å². The molecule has 0 bridgehead atoms.